The first kappa shape index (κ1) is 16.5. The van der Waals surface area contributed by atoms with Crippen LogP contribution in [-0.4, -0.2) is 20.8 Å². The van der Waals surface area contributed by atoms with E-state index in [-0.39, 0.29) is 5.56 Å². The quantitative estimate of drug-likeness (QED) is 0.667. The molecule has 25 heavy (non-hydrogen) atoms. The van der Waals surface area contributed by atoms with Gasteiger partial charge >= 0.3 is 0 Å². The van der Waals surface area contributed by atoms with E-state index in [1.54, 1.807) is 16.7 Å². The molecule has 0 saturated carbocycles. The van der Waals surface area contributed by atoms with E-state index in [1.807, 2.05) is 19.1 Å². The lowest BCUT2D eigenvalue weighted by Gasteiger charge is -2.24. The van der Waals surface area contributed by atoms with Crippen LogP contribution in [0.3, 0.4) is 0 Å². The molecule has 1 aromatic carbocycles. The normalized spacial score (nSPS) is 18.1. The summed E-state index contributed by atoms with van der Waals surface area (Å²) in [6, 6.07) is 14.4. The first-order chi connectivity index (χ1) is 12.1. The number of hydrogen-bond acceptors (Lipinski definition) is 3. The van der Waals surface area contributed by atoms with Crippen LogP contribution in [-0.2, 0) is 6.54 Å². The van der Waals surface area contributed by atoms with E-state index < -0.39 is 0 Å². The summed E-state index contributed by atoms with van der Waals surface area (Å²) in [5, 5.41) is 0. The molecule has 2 aromatic heterocycles. The number of nitrogens with zero attached hydrogens (tertiary/aromatic N) is 3. The zero-order valence-corrected chi connectivity index (χ0v) is 15.7. The van der Waals surface area contributed by atoms with Gasteiger partial charge < -0.3 is 0 Å². The lowest BCUT2D eigenvalue weighted by Crippen LogP contribution is -2.25. The third-order valence-corrected chi connectivity index (χ3v) is 5.39. The van der Waals surface area contributed by atoms with E-state index in [2.05, 4.69) is 45.1 Å². The van der Waals surface area contributed by atoms with Crippen LogP contribution < -0.4 is 5.56 Å². The lowest BCUT2D eigenvalue weighted by molar-refractivity contribution is 0.245. The zero-order chi connectivity index (χ0) is 17.4. The fraction of sp³-hybridized carbons (Fsp3) is 0.300. The molecule has 128 valence electrons. The molecule has 0 aliphatic carbocycles. The van der Waals surface area contributed by atoms with Crippen LogP contribution in [0.2, 0.25) is 0 Å². The van der Waals surface area contributed by atoms with Crippen LogP contribution >= 0.6 is 15.9 Å². The second kappa shape index (κ2) is 6.73. The number of aryl methyl sites for hydroxylation is 1. The molecule has 1 aliphatic heterocycles. The molecule has 1 atom stereocenters. The molecular weight excluding hydrogens is 378 g/mol. The summed E-state index contributed by atoms with van der Waals surface area (Å²) in [6.45, 7) is 3.73. The van der Waals surface area contributed by atoms with Gasteiger partial charge in [-0.2, -0.15) is 0 Å². The van der Waals surface area contributed by atoms with Crippen LogP contribution in [0.25, 0.3) is 5.65 Å². The summed E-state index contributed by atoms with van der Waals surface area (Å²) >= 11 is 3.57. The molecule has 0 N–H and O–H groups in total. The molecule has 1 fully saturated rings. The topological polar surface area (TPSA) is 37.6 Å². The van der Waals surface area contributed by atoms with Gasteiger partial charge in [-0.25, -0.2) is 4.98 Å². The molecule has 1 saturated heterocycles. The Morgan fingerprint density at radius 2 is 2.12 bits per heavy atom. The van der Waals surface area contributed by atoms with Gasteiger partial charge in [0.05, 0.1) is 5.69 Å². The van der Waals surface area contributed by atoms with E-state index >= 15 is 0 Å². The molecule has 3 aromatic rings. The molecule has 4 nitrogen and oxygen atoms in total. The molecule has 0 bridgehead atoms. The number of rotatable bonds is 3. The Morgan fingerprint density at radius 1 is 1.24 bits per heavy atom. The number of pyridine rings is 1. The molecule has 1 aliphatic rings. The van der Waals surface area contributed by atoms with Crippen LogP contribution in [0, 0.1) is 6.92 Å². The minimum atomic E-state index is -0.0121. The zero-order valence-electron chi connectivity index (χ0n) is 14.2. The first-order valence-electron chi connectivity index (χ1n) is 8.59. The highest BCUT2D eigenvalue weighted by atomic mass is 79.9. The second-order valence-corrected chi connectivity index (χ2v) is 7.57. The predicted octanol–water partition coefficient (Wildman–Crippen LogP) is 4.10. The minimum Gasteiger partial charge on any atom is -0.291 e. The highest BCUT2D eigenvalue weighted by Crippen LogP contribution is 2.33. The van der Waals surface area contributed by atoms with Crippen LogP contribution in [0.1, 0.15) is 35.7 Å². The number of aromatic nitrogens is 2. The maximum atomic E-state index is 12.4. The first-order valence-corrected chi connectivity index (χ1v) is 9.38. The van der Waals surface area contributed by atoms with Gasteiger partial charge in [0, 0.05) is 29.3 Å². The van der Waals surface area contributed by atoms with Crippen molar-refractivity contribution in [3.8, 4) is 0 Å². The summed E-state index contributed by atoms with van der Waals surface area (Å²) in [6.07, 6.45) is 4.09. The van der Waals surface area contributed by atoms with Crippen molar-refractivity contribution in [3.63, 3.8) is 0 Å². The van der Waals surface area contributed by atoms with E-state index in [9.17, 15) is 4.79 Å². The molecule has 0 unspecified atom stereocenters. The largest absolute Gasteiger partial charge is 0.291 e. The van der Waals surface area contributed by atoms with Crippen LogP contribution in [0.4, 0.5) is 0 Å². The maximum absolute atomic E-state index is 12.4. The fourth-order valence-electron chi connectivity index (χ4n) is 3.70. The highest BCUT2D eigenvalue weighted by molar-refractivity contribution is 9.10. The van der Waals surface area contributed by atoms with Gasteiger partial charge in [-0.1, -0.05) is 34.1 Å². The molecule has 0 radical (unpaired) electrons. The van der Waals surface area contributed by atoms with Gasteiger partial charge in [0.2, 0.25) is 0 Å². The fourth-order valence-corrected chi connectivity index (χ4v) is 4.12. The Labute approximate surface area is 155 Å². The third-order valence-electron chi connectivity index (χ3n) is 4.90. The number of benzene rings is 1. The second-order valence-electron chi connectivity index (χ2n) is 6.65. The van der Waals surface area contributed by atoms with Crippen molar-refractivity contribution >= 4 is 21.6 Å². The van der Waals surface area contributed by atoms with Crippen LogP contribution in [0.5, 0.6) is 0 Å². The van der Waals surface area contributed by atoms with Crippen molar-refractivity contribution in [1.82, 2.24) is 14.3 Å². The van der Waals surface area contributed by atoms with Crippen molar-refractivity contribution in [2.75, 3.05) is 6.54 Å². The molecule has 0 amide bonds. The van der Waals surface area contributed by atoms with Gasteiger partial charge in [-0.05, 0) is 55.6 Å². The Hall–Kier alpha value is -1.98. The van der Waals surface area contributed by atoms with Gasteiger partial charge in [0.25, 0.3) is 5.56 Å². The summed E-state index contributed by atoms with van der Waals surface area (Å²) in [5.74, 6) is 0. The number of hydrogen-bond donors (Lipinski definition) is 0. The molecule has 5 heteroatoms. The van der Waals surface area contributed by atoms with E-state index in [4.69, 9.17) is 4.98 Å². The molecule has 4 rings (SSSR count). The Kier molecular flexibility index (Phi) is 4.44. The Balaban J connectivity index is 1.66. The third kappa shape index (κ3) is 3.26. The summed E-state index contributed by atoms with van der Waals surface area (Å²) < 4.78 is 2.73. The highest BCUT2D eigenvalue weighted by Gasteiger charge is 2.26. The van der Waals surface area contributed by atoms with Gasteiger partial charge in [0.15, 0.2) is 0 Å². The lowest BCUT2D eigenvalue weighted by atomic mass is 10.0. The van der Waals surface area contributed by atoms with Gasteiger partial charge in [-0.3, -0.25) is 14.1 Å². The summed E-state index contributed by atoms with van der Waals surface area (Å²) in [5.41, 5.74) is 3.93. The van der Waals surface area contributed by atoms with Crippen molar-refractivity contribution < 1.29 is 0 Å². The average Bonchev–Trinajstić information content (AvgIpc) is 3.04. The van der Waals surface area contributed by atoms with Crippen LogP contribution in [0.15, 0.2) is 57.9 Å². The Bertz CT molecular complexity index is 982. The standard InChI is InChI=1S/C20H20BrN3O/c1-14-5-3-10-24-19(25)12-17(22-20(14)24)13-23-9-4-8-18(23)15-6-2-7-16(21)11-15/h2-3,5-7,10-12,18H,4,8-9,13H2,1H3/t18-/m1/s1. The average molecular weight is 398 g/mol. The van der Waals surface area contributed by atoms with E-state index in [0.717, 1.165) is 34.3 Å². The van der Waals surface area contributed by atoms with E-state index in [1.165, 1.54) is 12.0 Å². The number of fused-ring (bicyclic) bond motifs is 1. The monoisotopic (exact) mass is 397 g/mol. The summed E-state index contributed by atoms with van der Waals surface area (Å²) in [4.78, 5) is 19.6. The molecule has 0 spiro atoms. The number of likely N-dealkylation sites (tertiary alicyclic amines) is 1. The minimum absolute atomic E-state index is 0.0121. The van der Waals surface area contributed by atoms with Gasteiger partial charge in [-0.15, -0.1) is 0 Å². The molecular formula is C20H20BrN3O. The summed E-state index contributed by atoms with van der Waals surface area (Å²) in [7, 11) is 0. The van der Waals surface area contributed by atoms with E-state index in [0.29, 0.717) is 12.6 Å². The maximum Gasteiger partial charge on any atom is 0.258 e. The van der Waals surface area contributed by atoms with Gasteiger partial charge in [0.1, 0.15) is 5.65 Å². The predicted molar refractivity (Wildman–Crippen MR) is 103 cm³/mol. The van der Waals surface area contributed by atoms with Crippen molar-refractivity contribution in [2.24, 2.45) is 0 Å². The van der Waals surface area contributed by atoms with Crippen molar-refractivity contribution in [2.45, 2.75) is 32.4 Å². The Morgan fingerprint density at radius 3 is 2.96 bits per heavy atom. The molecule has 3 heterocycles. The van der Waals surface area contributed by atoms with Crippen molar-refractivity contribution in [3.05, 3.63) is 80.3 Å². The smallest absolute Gasteiger partial charge is 0.258 e. The SMILES string of the molecule is Cc1cccn2c(=O)cc(CN3CCC[C@@H]3c3cccc(Br)c3)nc12. The number of halogens is 1. The van der Waals surface area contributed by atoms with Crippen molar-refractivity contribution in [1.29, 1.82) is 0 Å².